The molecule has 2 heterocycles. The summed E-state index contributed by atoms with van der Waals surface area (Å²) in [6.07, 6.45) is 2.76. The van der Waals surface area contributed by atoms with Crippen LogP contribution in [0.15, 0.2) is 36.5 Å². The number of piperazine rings is 1. The van der Waals surface area contributed by atoms with Gasteiger partial charge in [0.25, 0.3) is 5.91 Å². The van der Waals surface area contributed by atoms with Crippen molar-refractivity contribution in [3.05, 3.63) is 42.1 Å². The van der Waals surface area contributed by atoms with Gasteiger partial charge < -0.3 is 24.8 Å². The quantitative estimate of drug-likeness (QED) is 0.775. The molecule has 1 saturated heterocycles. The van der Waals surface area contributed by atoms with Crippen LogP contribution in [0.5, 0.6) is 5.75 Å². The van der Waals surface area contributed by atoms with Crippen molar-refractivity contribution in [2.75, 3.05) is 69.0 Å². The molecule has 0 bridgehead atoms. The smallest absolute Gasteiger partial charge is 0.259 e. The van der Waals surface area contributed by atoms with E-state index in [1.165, 1.54) is 0 Å². The summed E-state index contributed by atoms with van der Waals surface area (Å²) in [4.78, 5) is 23.6. The summed E-state index contributed by atoms with van der Waals surface area (Å²) < 4.78 is 5.52. The van der Waals surface area contributed by atoms with Gasteiger partial charge in [-0.15, -0.1) is 0 Å². The Morgan fingerprint density at radius 2 is 1.76 bits per heavy atom. The maximum Gasteiger partial charge on any atom is 0.259 e. The zero-order valence-corrected chi connectivity index (χ0v) is 17.8. The van der Waals surface area contributed by atoms with E-state index in [-0.39, 0.29) is 5.91 Å². The molecule has 0 atom stereocenters. The number of para-hydroxylation sites is 2. The molecule has 1 aromatic carbocycles. The molecular formula is C22H31N5O2. The molecule has 0 saturated carbocycles. The van der Waals surface area contributed by atoms with Gasteiger partial charge in [-0.3, -0.25) is 4.79 Å². The number of rotatable bonds is 7. The number of hydrogen-bond donors (Lipinski definition) is 1. The molecule has 7 heteroatoms. The van der Waals surface area contributed by atoms with Gasteiger partial charge in [-0.2, -0.15) is 0 Å². The van der Waals surface area contributed by atoms with Crippen LogP contribution in [0.1, 0.15) is 23.7 Å². The summed E-state index contributed by atoms with van der Waals surface area (Å²) in [6, 6.07) is 10.1. The molecular weight excluding hydrogens is 366 g/mol. The van der Waals surface area contributed by atoms with Gasteiger partial charge in [0.2, 0.25) is 0 Å². The van der Waals surface area contributed by atoms with Crippen LogP contribution in [0.2, 0.25) is 0 Å². The normalized spacial score (nSPS) is 13.9. The van der Waals surface area contributed by atoms with Crippen molar-refractivity contribution in [3.63, 3.8) is 0 Å². The molecule has 1 amide bonds. The van der Waals surface area contributed by atoms with E-state index in [1.54, 1.807) is 32.3 Å². The largest absolute Gasteiger partial charge is 0.495 e. The fraction of sp³-hybridized carbons (Fsp3) is 0.455. The number of anilines is 3. The van der Waals surface area contributed by atoms with Crippen LogP contribution >= 0.6 is 0 Å². The van der Waals surface area contributed by atoms with Crippen LogP contribution in [0.25, 0.3) is 0 Å². The van der Waals surface area contributed by atoms with Gasteiger partial charge in [0.15, 0.2) is 0 Å². The van der Waals surface area contributed by atoms with Gasteiger partial charge in [0.05, 0.1) is 18.5 Å². The van der Waals surface area contributed by atoms with Gasteiger partial charge >= 0.3 is 0 Å². The molecule has 2 aromatic rings. The lowest BCUT2D eigenvalue weighted by Crippen LogP contribution is -2.47. The first-order valence-electron chi connectivity index (χ1n) is 10.1. The van der Waals surface area contributed by atoms with Gasteiger partial charge in [-0.05, 0) is 24.6 Å². The Labute approximate surface area is 173 Å². The minimum Gasteiger partial charge on any atom is -0.495 e. The zero-order chi connectivity index (χ0) is 20.8. The van der Waals surface area contributed by atoms with Crippen LogP contribution in [0.4, 0.5) is 17.2 Å². The maximum atomic E-state index is 13.0. The zero-order valence-electron chi connectivity index (χ0n) is 17.8. The fourth-order valence-electron chi connectivity index (χ4n) is 3.61. The molecule has 0 spiro atoms. The lowest BCUT2D eigenvalue weighted by atomic mass is 10.1. The van der Waals surface area contributed by atoms with Gasteiger partial charge in [-0.25, -0.2) is 4.98 Å². The Morgan fingerprint density at radius 3 is 2.38 bits per heavy atom. The average molecular weight is 398 g/mol. The third-order valence-electron chi connectivity index (χ3n) is 5.14. The SMILES string of the molecule is CCCNc1nccc(N2CCN(c3ccccc3OC)CC2)c1C(=O)N(C)C. The number of carbonyl (C=O) groups is 1. The number of aromatic nitrogens is 1. The van der Waals surface area contributed by atoms with Gasteiger partial charge in [0, 0.05) is 53.0 Å². The van der Waals surface area contributed by atoms with Crippen LogP contribution in [-0.4, -0.2) is 69.7 Å². The molecule has 0 unspecified atom stereocenters. The second kappa shape index (κ2) is 9.49. The standard InChI is InChI=1S/C22H31N5O2/c1-5-11-23-21-20(22(28)25(2)3)18(10-12-24-21)27-15-13-26(14-16-27)17-8-6-7-9-19(17)29-4/h6-10,12H,5,11,13-16H2,1-4H3,(H,23,24). The molecule has 29 heavy (non-hydrogen) atoms. The van der Waals surface area contributed by atoms with Crippen molar-refractivity contribution in [3.8, 4) is 5.75 Å². The van der Waals surface area contributed by atoms with E-state index >= 15 is 0 Å². The third-order valence-corrected chi connectivity index (χ3v) is 5.14. The predicted molar refractivity (Wildman–Crippen MR) is 118 cm³/mol. The van der Waals surface area contributed by atoms with Crippen LogP contribution in [0, 0.1) is 0 Å². The Hall–Kier alpha value is -2.96. The number of nitrogens with zero attached hydrogens (tertiary/aromatic N) is 4. The van der Waals surface area contributed by atoms with Crippen molar-refractivity contribution in [1.82, 2.24) is 9.88 Å². The molecule has 1 aliphatic heterocycles. The van der Waals surface area contributed by atoms with E-state index in [9.17, 15) is 4.79 Å². The number of hydrogen-bond acceptors (Lipinski definition) is 6. The van der Waals surface area contributed by atoms with Crippen molar-refractivity contribution in [2.45, 2.75) is 13.3 Å². The number of nitrogens with one attached hydrogen (secondary N) is 1. The lowest BCUT2D eigenvalue weighted by molar-refractivity contribution is 0.0828. The molecule has 0 radical (unpaired) electrons. The summed E-state index contributed by atoms with van der Waals surface area (Å²) >= 11 is 0. The number of ether oxygens (including phenoxy) is 1. The summed E-state index contributed by atoms with van der Waals surface area (Å²) in [5.74, 6) is 1.52. The Morgan fingerprint density at radius 1 is 1.10 bits per heavy atom. The number of amides is 1. The van der Waals surface area contributed by atoms with E-state index in [0.717, 1.165) is 56.3 Å². The summed E-state index contributed by atoms with van der Waals surface area (Å²) in [6.45, 7) is 6.24. The van der Waals surface area contributed by atoms with Crippen molar-refractivity contribution >= 4 is 23.1 Å². The maximum absolute atomic E-state index is 13.0. The molecule has 156 valence electrons. The number of pyridine rings is 1. The van der Waals surface area contributed by atoms with Crippen molar-refractivity contribution < 1.29 is 9.53 Å². The minimum atomic E-state index is -0.0288. The van der Waals surface area contributed by atoms with Gasteiger partial charge in [-0.1, -0.05) is 19.1 Å². The lowest BCUT2D eigenvalue weighted by Gasteiger charge is -2.38. The van der Waals surface area contributed by atoms with Crippen LogP contribution in [0.3, 0.4) is 0 Å². The first-order chi connectivity index (χ1) is 14.1. The summed E-state index contributed by atoms with van der Waals surface area (Å²) in [5.41, 5.74) is 2.70. The Kier molecular flexibility index (Phi) is 6.80. The first kappa shape index (κ1) is 20.8. The van der Waals surface area contributed by atoms with E-state index in [4.69, 9.17) is 4.74 Å². The van der Waals surface area contributed by atoms with Crippen molar-refractivity contribution in [1.29, 1.82) is 0 Å². The molecule has 1 N–H and O–H groups in total. The predicted octanol–water partition coefficient (Wildman–Crippen LogP) is 2.94. The highest BCUT2D eigenvalue weighted by Gasteiger charge is 2.26. The highest BCUT2D eigenvalue weighted by Crippen LogP contribution is 2.31. The monoisotopic (exact) mass is 397 g/mol. The van der Waals surface area contributed by atoms with Crippen LogP contribution < -0.4 is 19.9 Å². The number of benzene rings is 1. The molecule has 1 aliphatic rings. The highest BCUT2D eigenvalue weighted by atomic mass is 16.5. The first-order valence-corrected chi connectivity index (χ1v) is 10.1. The fourth-order valence-corrected chi connectivity index (χ4v) is 3.61. The topological polar surface area (TPSA) is 60.9 Å². The van der Waals surface area contributed by atoms with Crippen molar-refractivity contribution in [2.24, 2.45) is 0 Å². The molecule has 0 aliphatic carbocycles. The van der Waals surface area contributed by atoms with Crippen LogP contribution in [-0.2, 0) is 0 Å². The third kappa shape index (κ3) is 4.55. The summed E-state index contributed by atoms with van der Waals surface area (Å²) in [5, 5.41) is 3.32. The highest BCUT2D eigenvalue weighted by molar-refractivity contribution is 6.04. The average Bonchev–Trinajstić information content (AvgIpc) is 2.76. The van der Waals surface area contributed by atoms with E-state index in [2.05, 4.69) is 33.1 Å². The molecule has 7 nitrogen and oxygen atoms in total. The Bertz CT molecular complexity index is 832. The molecule has 1 aromatic heterocycles. The van der Waals surface area contributed by atoms with E-state index in [0.29, 0.717) is 11.4 Å². The number of carbonyl (C=O) groups excluding carboxylic acids is 1. The Balaban J connectivity index is 1.83. The van der Waals surface area contributed by atoms with E-state index in [1.807, 2.05) is 24.3 Å². The summed E-state index contributed by atoms with van der Waals surface area (Å²) in [7, 11) is 5.26. The molecule has 1 fully saturated rings. The van der Waals surface area contributed by atoms with E-state index < -0.39 is 0 Å². The minimum absolute atomic E-state index is 0.0288. The van der Waals surface area contributed by atoms with Gasteiger partial charge in [0.1, 0.15) is 17.1 Å². The second-order valence-electron chi connectivity index (χ2n) is 7.33. The number of methoxy groups -OCH3 is 1. The second-order valence-corrected chi connectivity index (χ2v) is 7.33. The molecule has 3 rings (SSSR count).